The maximum atomic E-state index is 6.09. The van der Waals surface area contributed by atoms with Gasteiger partial charge in [0.2, 0.25) is 0 Å². The van der Waals surface area contributed by atoms with Crippen LogP contribution in [0.3, 0.4) is 0 Å². The number of thioether (sulfide) groups is 1. The minimum absolute atomic E-state index is 0.639. The van der Waals surface area contributed by atoms with E-state index in [-0.39, 0.29) is 0 Å². The molecular weight excluding hydrogens is 292 g/mol. The van der Waals surface area contributed by atoms with Crippen molar-refractivity contribution in [1.82, 2.24) is 9.99 Å². The van der Waals surface area contributed by atoms with Gasteiger partial charge in [0.25, 0.3) is 0 Å². The zero-order valence-corrected chi connectivity index (χ0v) is 12.4. The Balaban J connectivity index is 1.80. The van der Waals surface area contributed by atoms with Gasteiger partial charge in [-0.05, 0) is 24.3 Å². The van der Waals surface area contributed by atoms with Crippen LogP contribution < -0.4 is 5.43 Å². The minimum atomic E-state index is 0.639. The SMILES string of the molecule is Cn1cccc1C1=NNC(=Nc2ccccc2Cl)SC1. The van der Waals surface area contributed by atoms with Gasteiger partial charge in [-0.1, -0.05) is 35.5 Å². The highest BCUT2D eigenvalue weighted by Gasteiger charge is 2.15. The lowest BCUT2D eigenvalue weighted by Crippen LogP contribution is -2.26. The number of aryl methyl sites for hydroxylation is 1. The molecule has 0 saturated heterocycles. The van der Waals surface area contributed by atoms with E-state index in [1.807, 2.05) is 43.6 Å². The van der Waals surface area contributed by atoms with Crippen molar-refractivity contribution in [3.63, 3.8) is 0 Å². The van der Waals surface area contributed by atoms with Crippen LogP contribution in [0.1, 0.15) is 5.69 Å². The average molecular weight is 305 g/mol. The summed E-state index contributed by atoms with van der Waals surface area (Å²) in [6, 6.07) is 11.6. The zero-order chi connectivity index (χ0) is 13.9. The van der Waals surface area contributed by atoms with E-state index in [4.69, 9.17) is 11.6 Å². The van der Waals surface area contributed by atoms with Crippen molar-refractivity contribution in [2.24, 2.45) is 17.1 Å². The highest BCUT2D eigenvalue weighted by Crippen LogP contribution is 2.25. The molecule has 0 spiro atoms. The second-order valence-electron chi connectivity index (χ2n) is 4.33. The summed E-state index contributed by atoms with van der Waals surface area (Å²) in [4.78, 5) is 4.48. The summed E-state index contributed by atoms with van der Waals surface area (Å²) in [6.07, 6.45) is 2.01. The van der Waals surface area contributed by atoms with E-state index in [9.17, 15) is 0 Å². The molecule has 0 atom stereocenters. The quantitative estimate of drug-likeness (QED) is 0.924. The van der Waals surface area contributed by atoms with Crippen molar-refractivity contribution >= 4 is 39.9 Å². The molecule has 20 heavy (non-hydrogen) atoms. The predicted octanol–water partition coefficient (Wildman–Crippen LogP) is 3.41. The van der Waals surface area contributed by atoms with Gasteiger partial charge in [-0.25, -0.2) is 4.99 Å². The number of hydrogen-bond acceptors (Lipinski definition) is 3. The molecule has 2 aromatic rings. The van der Waals surface area contributed by atoms with Crippen molar-refractivity contribution in [2.45, 2.75) is 0 Å². The number of aromatic nitrogens is 1. The number of amidine groups is 1. The fourth-order valence-corrected chi connectivity index (χ4v) is 2.85. The van der Waals surface area contributed by atoms with Crippen LogP contribution in [-0.2, 0) is 7.05 Å². The zero-order valence-electron chi connectivity index (χ0n) is 10.9. The largest absolute Gasteiger partial charge is 0.350 e. The average Bonchev–Trinajstić information content (AvgIpc) is 2.89. The van der Waals surface area contributed by atoms with Gasteiger partial charge < -0.3 is 4.57 Å². The molecule has 1 aromatic carbocycles. The standard InChI is InChI=1S/C14H13ClN4S/c1-19-8-4-7-13(19)12-9-20-14(18-17-12)16-11-6-3-2-5-10(11)15/h2-8H,9H2,1H3,(H,16,18). The number of aliphatic imine (C=N–C) groups is 1. The lowest BCUT2D eigenvalue weighted by atomic mass is 10.3. The third kappa shape index (κ3) is 2.73. The van der Waals surface area contributed by atoms with Crippen LogP contribution >= 0.6 is 23.4 Å². The molecule has 1 aromatic heterocycles. The molecular formula is C14H13ClN4S. The number of benzene rings is 1. The molecule has 0 aliphatic carbocycles. The summed E-state index contributed by atoms with van der Waals surface area (Å²) < 4.78 is 2.05. The maximum Gasteiger partial charge on any atom is 0.182 e. The van der Waals surface area contributed by atoms with Gasteiger partial charge in [0, 0.05) is 19.0 Å². The summed E-state index contributed by atoms with van der Waals surface area (Å²) in [5.74, 6) is 0.786. The molecule has 6 heteroatoms. The number of nitrogens with one attached hydrogen (secondary N) is 1. The fraction of sp³-hybridized carbons (Fsp3) is 0.143. The van der Waals surface area contributed by atoms with Gasteiger partial charge in [-0.3, -0.25) is 5.43 Å². The molecule has 0 bridgehead atoms. The second-order valence-corrected chi connectivity index (χ2v) is 5.70. The van der Waals surface area contributed by atoms with E-state index in [0.29, 0.717) is 5.02 Å². The third-order valence-corrected chi connectivity index (χ3v) is 4.14. The Bertz CT molecular complexity index is 690. The molecule has 102 valence electrons. The van der Waals surface area contributed by atoms with Gasteiger partial charge in [0.1, 0.15) is 0 Å². The van der Waals surface area contributed by atoms with Crippen molar-refractivity contribution in [3.05, 3.63) is 53.3 Å². The summed E-state index contributed by atoms with van der Waals surface area (Å²) in [5.41, 5.74) is 5.87. The van der Waals surface area contributed by atoms with Gasteiger partial charge in [-0.2, -0.15) is 5.10 Å². The first-order chi connectivity index (χ1) is 9.74. The highest BCUT2D eigenvalue weighted by molar-refractivity contribution is 8.14. The monoisotopic (exact) mass is 304 g/mol. The Morgan fingerprint density at radius 2 is 2.15 bits per heavy atom. The van der Waals surface area contributed by atoms with Crippen LogP contribution in [0.2, 0.25) is 5.02 Å². The summed E-state index contributed by atoms with van der Waals surface area (Å²) in [5, 5.41) is 5.79. The normalized spacial score (nSPS) is 16.9. The van der Waals surface area contributed by atoms with Crippen molar-refractivity contribution in [1.29, 1.82) is 0 Å². The topological polar surface area (TPSA) is 41.7 Å². The first-order valence-corrected chi connectivity index (χ1v) is 7.51. The Morgan fingerprint density at radius 1 is 1.30 bits per heavy atom. The lowest BCUT2D eigenvalue weighted by molar-refractivity contribution is 0.906. The number of hydrazone groups is 1. The molecule has 2 heterocycles. The number of rotatable bonds is 2. The van der Waals surface area contributed by atoms with Crippen molar-refractivity contribution in [2.75, 3.05) is 5.75 Å². The number of halogens is 1. The minimum Gasteiger partial charge on any atom is -0.350 e. The highest BCUT2D eigenvalue weighted by atomic mass is 35.5. The van der Waals surface area contributed by atoms with E-state index < -0.39 is 0 Å². The van der Waals surface area contributed by atoms with Crippen molar-refractivity contribution in [3.8, 4) is 0 Å². The number of nitrogens with zero attached hydrogens (tertiary/aromatic N) is 3. The Kier molecular flexibility index (Phi) is 3.80. The van der Waals surface area contributed by atoms with Crippen LogP contribution in [0, 0.1) is 0 Å². The van der Waals surface area contributed by atoms with E-state index in [1.54, 1.807) is 11.8 Å². The predicted molar refractivity (Wildman–Crippen MR) is 86.1 cm³/mol. The van der Waals surface area contributed by atoms with Crippen LogP contribution in [-0.4, -0.2) is 21.2 Å². The Hall–Kier alpha value is -1.72. The molecule has 4 nitrogen and oxygen atoms in total. The molecule has 0 radical (unpaired) electrons. The molecule has 1 aliphatic rings. The lowest BCUT2D eigenvalue weighted by Gasteiger charge is -2.15. The van der Waals surface area contributed by atoms with E-state index in [1.165, 1.54) is 0 Å². The summed E-state index contributed by atoms with van der Waals surface area (Å²) in [7, 11) is 2.01. The smallest absolute Gasteiger partial charge is 0.182 e. The van der Waals surface area contributed by atoms with Gasteiger partial charge in [-0.15, -0.1) is 0 Å². The number of hydrogen-bond donors (Lipinski definition) is 1. The van der Waals surface area contributed by atoms with Crippen molar-refractivity contribution < 1.29 is 0 Å². The van der Waals surface area contributed by atoms with Crippen LogP contribution in [0.4, 0.5) is 5.69 Å². The van der Waals surface area contributed by atoms with E-state index in [0.717, 1.165) is 28.0 Å². The molecule has 1 aliphatic heterocycles. The van der Waals surface area contributed by atoms with Gasteiger partial charge >= 0.3 is 0 Å². The number of para-hydroxylation sites is 1. The van der Waals surface area contributed by atoms with Gasteiger partial charge in [0.05, 0.1) is 22.1 Å². The summed E-state index contributed by atoms with van der Waals surface area (Å²) >= 11 is 7.71. The van der Waals surface area contributed by atoms with E-state index in [2.05, 4.69) is 26.2 Å². The van der Waals surface area contributed by atoms with Gasteiger partial charge in [0.15, 0.2) is 5.17 Å². The molecule has 0 unspecified atom stereocenters. The fourth-order valence-electron chi connectivity index (χ4n) is 1.92. The summed E-state index contributed by atoms with van der Waals surface area (Å²) in [6.45, 7) is 0. The third-order valence-electron chi connectivity index (χ3n) is 2.95. The van der Waals surface area contributed by atoms with Crippen LogP contribution in [0.25, 0.3) is 0 Å². The molecule has 0 fully saturated rings. The second kappa shape index (κ2) is 5.73. The Labute approximate surface area is 126 Å². The molecule has 0 saturated carbocycles. The first-order valence-electron chi connectivity index (χ1n) is 6.14. The molecule has 1 N–H and O–H groups in total. The maximum absolute atomic E-state index is 6.09. The molecule has 3 rings (SSSR count). The van der Waals surface area contributed by atoms with E-state index >= 15 is 0 Å². The first kappa shape index (κ1) is 13.3. The Morgan fingerprint density at radius 3 is 2.80 bits per heavy atom. The van der Waals surface area contributed by atoms with Crippen LogP contribution in [0.5, 0.6) is 0 Å². The van der Waals surface area contributed by atoms with Crippen LogP contribution in [0.15, 0.2) is 52.7 Å². The molecule has 0 amide bonds.